The summed E-state index contributed by atoms with van der Waals surface area (Å²) in [6.07, 6.45) is 76.1. The molecule has 3 unspecified atom stereocenters. The van der Waals surface area contributed by atoms with E-state index in [0.717, 1.165) is 38.5 Å². The Labute approximate surface area is 489 Å². The van der Waals surface area contributed by atoms with Crippen molar-refractivity contribution in [3.8, 4) is 0 Å². The van der Waals surface area contributed by atoms with E-state index in [0.29, 0.717) is 23.9 Å². The molecule has 0 spiro atoms. The lowest BCUT2D eigenvalue weighted by Crippen LogP contribution is -2.46. The highest BCUT2D eigenvalue weighted by molar-refractivity contribution is 7.45. The highest BCUT2D eigenvalue weighted by Gasteiger charge is 2.24. The maximum Gasteiger partial charge on any atom is 0.268 e. The predicted molar refractivity (Wildman–Crippen MR) is 339 cm³/mol. The van der Waals surface area contributed by atoms with Crippen molar-refractivity contribution >= 4 is 13.7 Å². The van der Waals surface area contributed by atoms with Gasteiger partial charge in [-0.3, -0.25) is 9.36 Å². The summed E-state index contributed by atoms with van der Waals surface area (Å²) in [7, 11) is 1.33. The van der Waals surface area contributed by atoms with Gasteiger partial charge in [-0.05, 0) is 12.8 Å². The van der Waals surface area contributed by atoms with Crippen LogP contribution >= 0.6 is 7.82 Å². The Morgan fingerprint density at radius 2 is 0.628 bits per heavy atom. The Bertz CT molecular complexity index is 1230. The number of likely N-dealkylation sites (N-methyl/N-ethyl adjacent to an activating group) is 1. The summed E-state index contributed by atoms with van der Waals surface area (Å²) in [5.41, 5.74) is 0. The first kappa shape index (κ1) is 77.5. The van der Waals surface area contributed by atoms with Crippen LogP contribution in [0.4, 0.5) is 0 Å². The first-order chi connectivity index (χ1) is 38.0. The fourth-order valence-corrected chi connectivity index (χ4v) is 12.1. The molecule has 0 bridgehead atoms. The van der Waals surface area contributed by atoms with Crippen LogP contribution in [0.15, 0.2) is 0 Å². The lowest BCUT2D eigenvalue weighted by Gasteiger charge is -2.30. The molecule has 8 nitrogen and oxygen atoms in total. The van der Waals surface area contributed by atoms with Gasteiger partial charge in [0.25, 0.3) is 7.82 Å². The SMILES string of the molecule is CCCCCCCCCCCCCCCCCCCCCCCCCCCCCCCC(O)C(COP(=O)([O-])OCC[N+](C)(C)C)NC(=O)CCCCCCCCCCCCCCCCCCCCCCCCCCCCC. The number of rotatable bonds is 67. The van der Waals surface area contributed by atoms with Gasteiger partial charge in [0.1, 0.15) is 13.2 Å². The van der Waals surface area contributed by atoms with E-state index in [-0.39, 0.29) is 19.1 Å². The Kier molecular flexibility index (Phi) is 60.7. The molecule has 0 heterocycles. The van der Waals surface area contributed by atoms with Crippen molar-refractivity contribution in [1.82, 2.24) is 5.32 Å². The van der Waals surface area contributed by atoms with E-state index in [4.69, 9.17) is 9.05 Å². The third-order valence-electron chi connectivity index (χ3n) is 16.8. The average molecular weight is 1130 g/mol. The number of aliphatic hydroxyl groups is 1. The smallest absolute Gasteiger partial charge is 0.268 e. The summed E-state index contributed by atoms with van der Waals surface area (Å²) >= 11 is 0. The topological polar surface area (TPSA) is 108 Å². The van der Waals surface area contributed by atoms with Gasteiger partial charge in [0.2, 0.25) is 5.91 Å². The van der Waals surface area contributed by atoms with Crippen molar-refractivity contribution in [2.24, 2.45) is 0 Å². The number of carbonyl (C=O) groups is 1. The minimum atomic E-state index is -4.58. The van der Waals surface area contributed by atoms with Crippen LogP contribution in [-0.4, -0.2) is 68.5 Å². The van der Waals surface area contributed by atoms with Gasteiger partial charge in [0.05, 0.1) is 39.9 Å². The first-order valence-corrected chi connectivity index (χ1v) is 36.8. The minimum Gasteiger partial charge on any atom is -0.756 e. The molecule has 0 rings (SSSR count). The lowest BCUT2D eigenvalue weighted by molar-refractivity contribution is -0.870. The van der Waals surface area contributed by atoms with Crippen LogP contribution in [0.1, 0.15) is 386 Å². The van der Waals surface area contributed by atoms with Gasteiger partial charge in [-0.2, -0.15) is 0 Å². The molecule has 0 saturated carbocycles. The number of carbonyl (C=O) groups excluding carboxylic acids is 1. The minimum absolute atomic E-state index is 0.0170. The summed E-state index contributed by atoms with van der Waals surface area (Å²) in [5.74, 6) is -0.153. The fraction of sp³-hybridized carbons (Fsp3) is 0.986. The molecular weight excluding hydrogens is 984 g/mol. The summed E-state index contributed by atoms with van der Waals surface area (Å²) < 4.78 is 23.5. The molecule has 0 aromatic heterocycles. The number of unbranched alkanes of at least 4 members (excludes halogenated alkanes) is 54. The van der Waals surface area contributed by atoms with Crippen LogP contribution < -0.4 is 10.2 Å². The first-order valence-electron chi connectivity index (χ1n) is 35.4. The van der Waals surface area contributed by atoms with Crippen molar-refractivity contribution in [1.29, 1.82) is 0 Å². The number of nitrogens with one attached hydrogen (secondary N) is 1. The standard InChI is InChI=1S/C69H141N2O6P/c1-6-8-10-12-14-16-18-20-22-24-26-28-30-32-34-35-37-38-40-42-44-46-48-50-52-54-56-58-60-62-68(72)67(66-77-78(74,75)76-65-64-71(3,4)5)70-69(73)63-61-59-57-55-53-51-49-47-45-43-41-39-36-33-31-29-27-25-23-21-19-17-15-13-11-9-7-2/h67-68,72H,6-66H2,1-5H3,(H-,70,73,74,75). The number of hydrogen-bond donors (Lipinski definition) is 2. The van der Waals surface area contributed by atoms with Crippen molar-refractivity contribution in [2.75, 3.05) is 40.9 Å². The molecule has 0 fully saturated rings. The molecule has 0 radical (unpaired) electrons. The van der Waals surface area contributed by atoms with E-state index in [2.05, 4.69) is 19.2 Å². The second-order valence-electron chi connectivity index (χ2n) is 26.0. The molecule has 0 aliphatic rings. The van der Waals surface area contributed by atoms with Crippen molar-refractivity contribution < 1.29 is 32.9 Å². The predicted octanol–water partition coefficient (Wildman–Crippen LogP) is 21.7. The number of nitrogens with zero attached hydrogens (tertiary/aromatic N) is 1. The quantitative estimate of drug-likeness (QED) is 0.0357. The van der Waals surface area contributed by atoms with Crippen LogP contribution in [0.25, 0.3) is 0 Å². The molecule has 1 amide bonds. The molecule has 3 atom stereocenters. The van der Waals surface area contributed by atoms with Gasteiger partial charge < -0.3 is 28.8 Å². The largest absolute Gasteiger partial charge is 0.756 e. The zero-order valence-corrected chi connectivity index (χ0v) is 54.6. The number of quaternary nitrogens is 1. The highest BCUT2D eigenvalue weighted by Crippen LogP contribution is 2.38. The zero-order chi connectivity index (χ0) is 57.0. The van der Waals surface area contributed by atoms with Gasteiger partial charge in [0, 0.05) is 6.42 Å². The molecule has 0 aromatic rings. The summed E-state index contributed by atoms with van der Waals surface area (Å²) in [4.78, 5) is 25.7. The van der Waals surface area contributed by atoms with E-state index < -0.39 is 20.0 Å². The van der Waals surface area contributed by atoms with Crippen molar-refractivity contribution in [3.63, 3.8) is 0 Å². The van der Waals surface area contributed by atoms with Crippen LogP contribution in [-0.2, 0) is 18.4 Å². The van der Waals surface area contributed by atoms with Gasteiger partial charge in [-0.15, -0.1) is 0 Å². The Hall–Kier alpha value is -0.500. The summed E-state index contributed by atoms with van der Waals surface area (Å²) in [6, 6.07) is -0.797. The monoisotopic (exact) mass is 1130 g/mol. The molecule has 468 valence electrons. The fourth-order valence-electron chi connectivity index (χ4n) is 11.3. The van der Waals surface area contributed by atoms with Crippen LogP contribution in [0.3, 0.4) is 0 Å². The number of hydrogen-bond acceptors (Lipinski definition) is 6. The van der Waals surface area contributed by atoms with E-state index in [1.165, 1.54) is 321 Å². The average Bonchev–Trinajstić information content (AvgIpc) is 3.41. The lowest BCUT2D eigenvalue weighted by atomic mass is 10.0. The van der Waals surface area contributed by atoms with Gasteiger partial charge in [0.15, 0.2) is 0 Å². The Morgan fingerprint density at radius 3 is 0.872 bits per heavy atom. The molecule has 0 aliphatic carbocycles. The number of phosphoric ester groups is 1. The molecular formula is C69H141N2O6P. The number of aliphatic hydroxyl groups excluding tert-OH is 1. The molecule has 2 N–H and O–H groups in total. The third kappa shape index (κ3) is 63.1. The van der Waals surface area contributed by atoms with Crippen molar-refractivity contribution in [3.05, 3.63) is 0 Å². The van der Waals surface area contributed by atoms with E-state index in [1.807, 2.05) is 21.1 Å². The maximum absolute atomic E-state index is 13.1. The number of amides is 1. The van der Waals surface area contributed by atoms with Gasteiger partial charge >= 0.3 is 0 Å². The molecule has 0 saturated heterocycles. The van der Waals surface area contributed by atoms with Crippen LogP contribution in [0, 0.1) is 0 Å². The zero-order valence-electron chi connectivity index (χ0n) is 53.7. The number of phosphoric acid groups is 1. The second-order valence-corrected chi connectivity index (χ2v) is 27.4. The summed E-state index contributed by atoms with van der Waals surface area (Å²) in [5, 5.41) is 14.1. The molecule has 0 aliphatic heterocycles. The van der Waals surface area contributed by atoms with Gasteiger partial charge in [-0.1, -0.05) is 367 Å². The Balaban J connectivity index is 3.98. The van der Waals surface area contributed by atoms with Crippen LogP contribution in [0.5, 0.6) is 0 Å². The van der Waals surface area contributed by atoms with Gasteiger partial charge in [-0.25, -0.2) is 0 Å². The highest BCUT2D eigenvalue weighted by atomic mass is 31.2. The third-order valence-corrected chi connectivity index (χ3v) is 17.8. The summed E-state index contributed by atoms with van der Waals surface area (Å²) in [6.45, 7) is 4.80. The molecule has 0 aromatic carbocycles. The maximum atomic E-state index is 13.1. The van der Waals surface area contributed by atoms with E-state index >= 15 is 0 Å². The molecule has 9 heteroatoms. The Morgan fingerprint density at radius 1 is 0.397 bits per heavy atom. The van der Waals surface area contributed by atoms with E-state index in [9.17, 15) is 19.4 Å². The molecule has 78 heavy (non-hydrogen) atoms. The second kappa shape index (κ2) is 61.1. The van der Waals surface area contributed by atoms with Crippen LogP contribution in [0.2, 0.25) is 0 Å². The van der Waals surface area contributed by atoms with E-state index in [1.54, 1.807) is 0 Å². The van der Waals surface area contributed by atoms with Crippen molar-refractivity contribution in [2.45, 2.75) is 398 Å². The normalized spacial score (nSPS) is 13.6.